The molecule has 0 saturated heterocycles. The van der Waals surface area contributed by atoms with E-state index in [1.54, 1.807) is 25.1 Å². The van der Waals surface area contributed by atoms with E-state index in [1.165, 1.54) is 12.1 Å². The Bertz CT molecular complexity index is 727. The largest absolute Gasteiger partial charge is 0.389 e. The highest BCUT2D eigenvalue weighted by Crippen LogP contribution is 2.17. The maximum Gasteiger partial charge on any atom is 0.240 e. The summed E-state index contributed by atoms with van der Waals surface area (Å²) >= 11 is 0. The van der Waals surface area contributed by atoms with Crippen LogP contribution in [0.25, 0.3) is 0 Å². The number of aryl methyl sites for hydroxylation is 1. The number of aliphatic hydroxyl groups is 1. The average molecular weight is 306 g/mol. The molecule has 21 heavy (non-hydrogen) atoms. The fourth-order valence-electron chi connectivity index (χ4n) is 1.89. The molecule has 1 aromatic heterocycles. The topological polar surface area (TPSA) is 79.3 Å². The molecule has 112 valence electrons. The minimum atomic E-state index is -3.63. The lowest BCUT2D eigenvalue weighted by Gasteiger charge is -2.09. The molecule has 0 amide bonds. The van der Waals surface area contributed by atoms with Crippen LogP contribution in [0.15, 0.2) is 47.4 Å². The first-order valence-corrected chi connectivity index (χ1v) is 8.07. The van der Waals surface area contributed by atoms with Gasteiger partial charge in [0.2, 0.25) is 10.0 Å². The van der Waals surface area contributed by atoms with Crippen molar-refractivity contribution in [3.05, 3.63) is 59.4 Å². The smallest absolute Gasteiger partial charge is 0.240 e. The number of hydrogen-bond donors (Lipinski definition) is 2. The van der Waals surface area contributed by atoms with Crippen LogP contribution in [0.2, 0.25) is 0 Å². The molecule has 0 aliphatic carbocycles. The predicted octanol–water partition coefficient (Wildman–Crippen LogP) is 1.92. The second-order valence-corrected chi connectivity index (χ2v) is 6.61. The molecule has 0 spiro atoms. The lowest BCUT2D eigenvalue weighted by molar-refractivity contribution is 0.199. The Morgan fingerprint density at radius 3 is 2.62 bits per heavy atom. The Hall–Kier alpha value is -1.76. The molecule has 1 unspecified atom stereocenters. The van der Waals surface area contributed by atoms with Gasteiger partial charge in [0.05, 0.1) is 23.2 Å². The van der Waals surface area contributed by atoms with E-state index in [0.717, 1.165) is 5.69 Å². The van der Waals surface area contributed by atoms with Crippen molar-refractivity contribution in [1.82, 2.24) is 9.71 Å². The molecule has 0 bridgehead atoms. The maximum atomic E-state index is 12.2. The number of pyridine rings is 1. The zero-order valence-corrected chi connectivity index (χ0v) is 12.8. The summed E-state index contributed by atoms with van der Waals surface area (Å²) in [6.07, 6.45) is -0.710. The van der Waals surface area contributed by atoms with E-state index in [1.807, 2.05) is 19.1 Å². The monoisotopic (exact) mass is 306 g/mol. The number of benzene rings is 1. The number of hydrogen-bond acceptors (Lipinski definition) is 4. The van der Waals surface area contributed by atoms with Gasteiger partial charge < -0.3 is 5.11 Å². The molecule has 2 aromatic rings. The van der Waals surface area contributed by atoms with Crippen molar-refractivity contribution in [3.8, 4) is 0 Å². The summed E-state index contributed by atoms with van der Waals surface area (Å²) in [7, 11) is -3.63. The van der Waals surface area contributed by atoms with E-state index in [9.17, 15) is 13.5 Å². The maximum absolute atomic E-state index is 12.2. The Morgan fingerprint density at radius 1 is 1.24 bits per heavy atom. The summed E-state index contributed by atoms with van der Waals surface area (Å²) < 4.78 is 27.0. The van der Waals surface area contributed by atoms with E-state index in [2.05, 4.69) is 9.71 Å². The molecule has 0 saturated carbocycles. The average Bonchev–Trinajstić information content (AvgIpc) is 2.45. The fraction of sp³-hybridized carbons (Fsp3) is 0.267. The van der Waals surface area contributed by atoms with Gasteiger partial charge >= 0.3 is 0 Å². The van der Waals surface area contributed by atoms with Crippen molar-refractivity contribution in [1.29, 1.82) is 0 Å². The fourth-order valence-corrected chi connectivity index (χ4v) is 2.95. The highest BCUT2D eigenvalue weighted by Gasteiger charge is 2.15. The molecule has 0 aliphatic rings. The van der Waals surface area contributed by atoms with Gasteiger partial charge in [-0.2, -0.15) is 0 Å². The van der Waals surface area contributed by atoms with Gasteiger partial charge in [-0.25, -0.2) is 13.1 Å². The van der Waals surface area contributed by atoms with Crippen LogP contribution < -0.4 is 4.72 Å². The van der Waals surface area contributed by atoms with Crippen LogP contribution in [0, 0.1) is 6.92 Å². The first kappa shape index (κ1) is 15.6. The van der Waals surface area contributed by atoms with Gasteiger partial charge in [-0.05, 0) is 43.7 Å². The number of rotatable bonds is 5. The standard InChI is InChI=1S/C15H18N2O3S/c1-11-5-3-7-14(17-11)10-16-21(19,20)15-8-4-6-13(9-15)12(2)18/h3-9,12,16,18H,10H2,1-2H3. The highest BCUT2D eigenvalue weighted by atomic mass is 32.2. The number of aliphatic hydroxyl groups excluding tert-OH is 1. The minimum absolute atomic E-state index is 0.128. The lowest BCUT2D eigenvalue weighted by Crippen LogP contribution is -2.24. The SMILES string of the molecule is Cc1cccc(CNS(=O)(=O)c2cccc(C(C)O)c2)n1. The van der Waals surface area contributed by atoms with Crippen LogP contribution in [-0.2, 0) is 16.6 Å². The summed E-state index contributed by atoms with van der Waals surface area (Å²) in [4.78, 5) is 4.38. The molecule has 0 radical (unpaired) electrons. The molecule has 2 rings (SSSR count). The van der Waals surface area contributed by atoms with Gasteiger partial charge in [0, 0.05) is 5.69 Å². The summed E-state index contributed by atoms with van der Waals surface area (Å²) in [6.45, 7) is 3.57. The summed E-state index contributed by atoms with van der Waals surface area (Å²) in [5.74, 6) is 0. The number of nitrogens with one attached hydrogen (secondary N) is 1. The number of nitrogens with zero attached hydrogens (tertiary/aromatic N) is 1. The highest BCUT2D eigenvalue weighted by molar-refractivity contribution is 7.89. The molecule has 1 atom stereocenters. The molecule has 0 fully saturated rings. The Labute approximate surface area is 124 Å². The molecule has 2 N–H and O–H groups in total. The van der Waals surface area contributed by atoms with Gasteiger partial charge in [0.1, 0.15) is 0 Å². The summed E-state index contributed by atoms with van der Waals surface area (Å²) in [5.41, 5.74) is 2.06. The van der Waals surface area contributed by atoms with Crippen molar-refractivity contribution in [3.63, 3.8) is 0 Å². The zero-order valence-electron chi connectivity index (χ0n) is 11.9. The van der Waals surface area contributed by atoms with Gasteiger partial charge in [-0.3, -0.25) is 4.98 Å². The summed E-state index contributed by atoms with van der Waals surface area (Å²) in [6, 6.07) is 11.7. The van der Waals surface area contributed by atoms with E-state index in [0.29, 0.717) is 11.3 Å². The van der Waals surface area contributed by atoms with Crippen molar-refractivity contribution < 1.29 is 13.5 Å². The van der Waals surface area contributed by atoms with Crippen LogP contribution >= 0.6 is 0 Å². The second-order valence-electron chi connectivity index (χ2n) is 4.84. The van der Waals surface area contributed by atoms with Gasteiger partial charge in [-0.15, -0.1) is 0 Å². The predicted molar refractivity (Wildman–Crippen MR) is 80.1 cm³/mol. The quantitative estimate of drug-likeness (QED) is 0.884. The van der Waals surface area contributed by atoms with Crippen LogP contribution in [0.4, 0.5) is 0 Å². The molecule has 5 nitrogen and oxygen atoms in total. The minimum Gasteiger partial charge on any atom is -0.389 e. The van der Waals surface area contributed by atoms with Gasteiger partial charge in [0.25, 0.3) is 0 Å². The van der Waals surface area contributed by atoms with Gasteiger partial charge in [-0.1, -0.05) is 18.2 Å². The van der Waals surface area contributed by atoms with Crippen LogP contribution in [0.1, 0.15) is 30.0 Å². The third-order valence-electron chi connectivity index (χ3n) is 3.04. The van der Waals surface area contributed by atoms with Gasteiger partial charge in [0.15, 0.2) is 0 Å². The molecular formula is C15H18N2O3S. The Kier molecular flexibility index (Phi) is 4.72. The first-order valence-electron chi connectivity index (χ1n) is 6.59. The molecule has 6 heteroatoms. The van der Waals surface area contributed by atoms with Crippen molar-refractivity contribution >= 4 is 10.0 Å². The normalized spacial score (nSPS) is 13.1. The third-order valence-corrected chi connectivity index (χ3v) is 4.44. The lowest BCUT2D eigenvalue weighted by atomic mass is 10.1. The van der Waals surface area contributed by atoms with E-state index >= 15 is 0 Å². The van der Waals surface area contributed by atoms with Crippen LogP contribution in [0.5, 0.6) is 0 Å². The van der Waals surface area contributed by atoms with E-state index in [-0.39, 0.29) is 11.4 Å². The van der Waals surface area contributed by atoms with Crippen molar-refractivity contribution in [2.45, 2.75) is 31.4 Å². The second kappa shape index (κ2) is 6.34. The van der Waals surface area contributed by atoms with Crippen molar-refractivity contribution in [2.75, 3.05) is 0 Å². The molecule has 0 aliphatic heterocycles. The van der Waals surface area contributed by atoms with Crippen LogP contribution in [-0.4, -0.2) is 18.5 Å². The first-order chi connectivity index (χ1) is 9.88. The zero-order chi connectivity index (χ0) is 15.5. The third kappa shape index (κ3) is 4.10. The molecular weight excluding hydrogens is 288 g/mol. The summed E-state index contributed by atoms with van der Waals surface area (Å²) in [5, 5.41) is 9.53. The van der Waals surface area contributed by atoms with Crippen molar-refractivity contribution in [2.24, 2.45) is 0 Å². The van der Waals surface area contributed by atoms with E-state index < -0.39 is 16.1 Å². The Balaban J connectivity index is 2.17. The Morgan fingerprint density at radius 2 is 1.95 bits per heavy atom. The van der Waals surface area contributed by atoms with Crippen LogP contribution in [0.3, 0.4) is 0 Å². The number of aromatic nitrogens is 1. The molecule has 1 heterocycles. The number of sulfonamides is 1. The molecule has 1 aromatic carbocycles. The van der Waals surface area contributed by atoms with E-state index in [4.69, 9.17) is 0 Å².